The first-order valence-corrected chi connectivity index (χ1v) is 7.36. The third-order valence-corrected chi connectivity index (χ3v) is 3.59. The minimum absolute atomic E-state index is 0.0597. The molecule has 1 amide bonds. The standard InChI is InChI=1S/C17H19NO3/c1-2-3-10-20-14-11-16(19)18(12-14)17-9-8-13-6-4-5-7-15(13)21-17/h4-9,11,17H,2-3,10,12H2,1H3. The molecule has 0 fully saturated rings. The van der Waals surface area contributed by atoms with E-state index in [1.54, 1.807) is 11.0 Å². The lowest BCUT2D eigenvalue weighted by atomic mass is 10.1. The summed E-state index contributed by atoms with van der Waals surface area (Å²) in [5.74, 6) is 1.47. The molecule has 2 aliphatic rings. The summed E-state index contributed by atoms with van der Waals surface area (Å²) >= 11 is 0. The van der Waals surface area contributed by atoms with Gasteiger partial charge in [-0.3, -0.25) is 9.69 Å². The van der Waals surface area contributed by atoms with Gasteiger partial charge in [0.2, 0.25) is 0 Å². The van der Waals surface area contributed by atoms with Crippen molar-refractivity contribution in [1.29, 1.82) is 0 Å². The van der Waals surface area contributed by atoms with Crippen LogP contribution in [0.5, 0.6) is 5.75 Å². The van der Waals surface area contributed by atoms with Crippen molar-refractivity contribution in [3.63, 3.8) is 0 Å². The average Bonchev–Trinajstić information content (AvgIpc) is 2.88. The Morgan fingerprint density at radius 3 is 3.10 bits per heavy atom. The first-order valence-electron chi connectivity index (χ1n) is 7.36. The largest absolute Gasteiger partial charge is 0.496 e. The number of rotatable bonds is 5. The quantitative estimate of drug-likeness (QED) is 0.781. The van der Waals surface area contributed by atoms with E-state index in [1.165, 1.54) is 0 Å². The summed E-state index contributed by atoms with van der Waals surface area (Å²) in [5.41, 5.74) is 1.03. The van der Waals surface area contributed by atoms with Crippen molar-refractivity contribution < 1.29 is 14.3 Å². The summed E-state index contributed by atoms with van der Waals surface area (Å²) in [6, 6.07) is 7.80. The lowest BCUT2D eigenvalue weighted by Gasteiger charge is -2.29. The van der Waals surface area contributed by atoms with Crippen LogP contribution in [0.1, 0.15) is 25.3 Å². The molecule has 110 valence electrons. The molecule has 0 saturated heterocycles. The number of hydrogen-bond acceptors (Lipinski definition) is 3. The number of ether oxygens (including phenoxy) is 2. The van der Waals surface area contributed by atoms with E-state index in [9.17, 15) is 4.79 Å². The summed E-state index contributed by atoms with van der Waals surface area (Å²) in [7, 11) is 0. The van der Waals surface area contributed by atoms with Gasteiger partial charge in [0.15, 0.2) is 6.23 Å². The Kier molecular flexibility index (Phi) is 3.95. The molecule has 3 rings (SSSR count). The highest BCUT2D eigenvalue weighted by molar-refractivity contribution is 5.91. The van der Waals surface area contributed by atoms with Gasteiger partial charge in [0, 0.05) is 11.6 Å². The van der Waals surface area contributed by atoms with E-state index in [1.807, 2.05) is 36.4 Å². The lowest BCUT2D eigenvalue weighted by Crippen LogP contribution is -2.40. The van der Waals surface area contributed by atoms with Crippen molar-refractivity contribution in [3.05, 3.63) is 47.7 Å². The van der Waals surface area contributed by atoms with E-state index in [0.717, 1.165) is 29.9 Å². The van der Waals surface area contributed by atoms with Crippen LogP contribution < -0.4 is 4.74 Å². The summed E-state index contributed by atoms with van der Waals surface area (Å²) in [5, 5.41) is 0. The zero-order chi connectivity index (χ0) is 14.7. The molecular weight excluding hydrogens is 266 g/mol. The molecule has 1 unspecified atom stereocenters. The van der Waals surface area contributed by atoms with Crippen molar-refractivity contribution >= 4 is 12.0 Å². The van der Waals surface area contributed by atoms with Gasteiger partial charge in [0.1, 0.15) is 11.5 Å². The number of amides is 1. The third kappa shape index (κ3) is 2.94. The van der Waals surface area contributed by atoms with Crippen LogP contribution in [0.2, 0.25) is 0 Å². The minimum atomic E-state index is -0.365. The Balaban J connectivity index is 1.64. The number of carbonyl (C=O) groups excluding carboxylic acids is 1. The molecule has 0 spiro atoms. The molecule has 2 aliphatic heterocycles. The van der Waals surface area contributed by atoms with Crippen LogP contribution in [0.3, 0.4) is 0 Å². The molecule has 1 aromatic carbocycles. The monoisotopic (exact) mass is 285 g/mol. The van der Waals surface area contributed by atoms with E-state index in [4.69, 9.17) is 9.47 Å². The van der Waals surface area contributed by atoms with Crippen LogP contribution >= 0.6 is 0 Å². The van der Waals surface area contributed by atoms with E-state index in [2.05, 4.69) is 6.92 Å². The Morgan fingerprint density at radius 1 is 1.38 bits per heavy atom. The van der Waals surface area contributed by atoms with E-state index < -0.39 is 0 Å². The van der Waals surface area contributed by atoms with Crippen molar-refractivity contribution in [2.75, 3.05) is 13.2 Å². The molecule has 0 N–H and O–H groups in total. The fraction of sp³-hybridized carbons (Fsp3) is 0.353. The number of para-hydroxylation sites is 1. The molecule has 1 atom stereocenters. The zero-order valence-electron chi connectivity index (χ0n) is 12.1. The third-order valence-electron chi connectivity index (χ3n) is 3.59. The van der Waals surface area contributed by atoms with Gasteiger partial charge in [-0.25, -0.2) is 0 Å². The predicted molar refractivity (Wildman–Crippen MR) is 80.5 cm³/mol. The molecular formula is C17H19NO3. The normalized spacial score (nSPS) is 20.0. The van der Waals surface area contributed by atoms with Gasteiger partial charge in [-0.1, -0.05) is 31.5 Å². The molecule has 0 aromatic heterocycles. The maximum Gasteiger partial charge on any atom is 0.253 e. The molecule has 4 nitrogen and oxygen atoms in total. The van der Waals surface area contributed by atoms with Crippen molar-refractivity contribution in [2.45, 2.75) is 26.0 Å². The Morgan fingerprint density at radius 2 is 2.24 bits per heavy atom. The van der Waals surface area contributed by atoms with Crippen LogP contribution in [0.25, 0.3) is 6.08 Å². The number of fused-ring (bicyclic) bond motifs is 1. The predicted octanol–water partition coefficient (Wildman–Crippen LogP) is 2.96. The summed E-state index contributed by atoms with van der Waals surface area (Å²) in [6.07, 6.45) is 7.17. The van der Waals surface area contributed by atoms with Crippen molar-refractivity contribution in [1.82, 2.24) is 4.90 Å². The number of hydrogen-bond donors (Lipinski definition) is 0. The highest BCUT2D eigenvalue weighted by atomic mass is 16.5. The summed E-state index contributed by atoms with van der Waals surface area (Å²) in [6.45, 7) is 3.25. The molecule has 0 bridgehead atoms. The van der Waals surface area contributed by atoms with Crippen LogP contribution in [-0.2, 0) is 9.53 Å². The maximum atomic E-state index is 12.1. The Hall–Kier alpha value is -2.23. The van der Waals surface area contributed by atoms with Crippen LogP contribution in [0, 0.1) is 0 Å². The van der Waals surface area contributed by atoms with Gasteiger partial charge in [-0.15, -0.1) is 0 Å². The fourth-order valence-corrected chi connectivity index (χ4v) is 2.41. The lowest BCUT2D eigenvalue weighted by molar-refractivity contribution is -0.130. The fourth-order valence-electron chi connectivity index (χ4n) is 2.41. The minimum Gasteiger partial charge on any atom is -0.496 e. The molecule has 0 aliphatic carbocycles. The molecule has 0 radical (unpaired) electrons. The summed E-state index contributed by atoms with van der Waals surface area (Å²) < 4.78 is 11.5. The number of benzene rings is 1. The maximum absolute atomic E-state index is 12.1. The number of unbranched alkanes of at least 4 members (excludes halogenated alkanes) is 1. The summed E-state index contributed by atoms with van der Waals surface area (Å²) in [4.78, 5) is 13.8. The second kappa shape index (κ2) is 6.04. The molecule has 21 heavy (non-hydrogen) atoms. The van der Waals surface area contributed by atoms with Crippen LogP contribution in [0.4, 0.5) is 0 Å². The average molecular weight is 285 g/mol. The van der Waals surface area contributed by atoms with Crippen LogP contribution in [-0.4, -0.2) is 30.2 Å². The highest BCUT2D eigenvalue weighted by Crippen LogP contribution is 2.28. The smallest absolute Gasteiger partial charge is 0.253 e. The molecule has 4 heteroatoms. The second-order valence-corrected chi connectivity index (χ2v) is 5.18. The van der Waals surface area contributed by atoms with Gasteiger partial charge in [0.05, 0.1) is 13.2 Å². The number of carbonyl (C=O) groups is 1. The number of nitrogens with zero attached hydrogens (tertiary/aromatic N) is 1. The van der Waals surface area contributed by atoms with Gasteiger partial charge in [-0.05, 0) is 24.6 Å². The second-order valence-electron chi connectivity index (χ2n) is 5.18. The molecule has 0 saturated carbocycles. The first-order chi connectivity index (χ1) is 10.3. The van der Waals surface area contributed by atoms with E-state index in [-0.39, 0.29) is 12.1 Å². The Labute approximate surface area is 124 Å². The Bertz CT molecular complexity index is 591. The van der Waals surface area contributed by atoms with Crippen molar-refractivity contribution in [2.24, 2.45) is 0 Å². The van der Waals surface area contributed by atoms with Gasteiger partial charge in [0.25, 0.3) is 5.91 Å². The molecule has 2 heterocycles. The SMILES string of the molecule is CCCCOC1=CC(=O)N(C2C=Cc3ccccc3O2)C1. The van der Waals surface area contributed by atoms with Gasteiger partial charge >= 0.3 is 0 Å². The first kappa shape index (κ1) is 13.7. The van der Waals surface area contributed by atoms with Crippen molar-refractivity contribution in [3.8, 4) is 5.75 Å². The molecule has 1 aromatic rings. The van der Waals surface area contributed by atoms with E-state index >= 15 is 0 Å². The van der Waals surface area contributed by atoms with E-state index in [0.29, 0.717) is 13.2 Å². The van der Waals surface area contributed by atoms with Crippen LogP contribution in [0.15, 0.2) is 42.2 Å². The topological polar surface area (TPSA) is 38.8 Å². The van der Waals surface area contributed by atoms with Gasteiger partial charge in [-0.2, -0.15) is 0 Å². The van der Waals surface area contributed by atoms with Gasteiger partial charge < -0.3 is 9.47 Å². The highest BCUT2D eigenvalue weighted by Gasteiger charge is 2.30. The zero-order valence-corrected chi connectivity index (χ0v) is 12.1.